The SMILES string of the molecule is CCCC(C)(C)NOCC(=O)CCc1ccccc1. The fourth-order valence-corrected chi connectivity index (χ4v) is 1.99. The highest BCUT2D eigenvalue weighted by Gasteiger charge is 2.16. The minimum absolute atomic E-state index is 0.0749. The van der Waals surface area contributed by atoms with E-state index >= 15 is 0 Å². The molecule has 0 aromatic heterocycles. The molecule has 0 unspecified atom stereocenters. The third-order valence-corrected chi connectivity index (χ3v) is 2.99. The number of ketones is 1. The lowest BCUT2D eigenvalue weighted by molar-refractivity contribution is -0.128. The van der Waals surface area contributed by atoms with Crippen LogP contribution in [0, 0.1) is 0 Å². The molecule has 1 aromatic rings. The van der Waals surface area contributed by atoms with Gasteiger partial charge in [-0.15, -0.1) is 0 Å². The number of aryl methyl sites for hydroxylation is 1. The number of carbonyl (C=O) groups excluding carboxylic acids is 1. The molecule has 106 valence electrons. The first-order valence-electron chi connectivity index (χ1n) is 6.98. The Bertz CT molecular complexity index is 374. The fraction of sp³-hybridized carbons (Fsp3) is 0.562. The molecule has 0 atom stereocenters. The van der Waals surface area contributed by atoms with Crippen LogP contribution in [0.1, 0.15) is 45.6 Å². The Balaban J connectivity index is 2.18. The van der Waals surface area contributed by atoms with E-state index in [4.69, 9.17) is 4.84 Å². The number of hydrogen-bond acceptors (Lipinski definition) is 3. The lowest BCUT2D eigenvalue weighted by Gasteiger charge is -2.24. The largest absolute Gasteiger partial charge is 0.297 e. The van der Waals surface area contributed by atoms with Crippen LogP contribution in [0.2, 0.25) is 0 Å². The van der Waals surface area contributed by atoms with Crippen LogP contribution in [0.15, 0.2) is 30.3 Å². The average Bonchev–Trinajstić information content (AvgIpc) is 2.37. The van der Waals surface area contributed by atoms with Crippen molar-refractivity contribution in [2.75, 3.05) is 6.61 Å². The molecule has 0 aliphatic rings. The first kappa shape index (κ1) is 15.9. The minimum atomic E-state index is -0.0749. The van der Waals surface area contributed by atoms with Gasteiger partial charge < -0.3 is 0 Å². The maximum Gasteiger partial charge on any atom is 0.160 e. The fourth-order valence-electron chi connectivity index (χ4n) is 1.99. The molecule has 0 amide bonds. The van der Waals surface area contributed by atoms with E-state index in [9.17, 15) is 4.79 Å². The maximum absolute atomic E-state index is 11.7. The zero-order chi connectivity index (χ0) is 14.1. The summed E-state index contributed by atoms with van der Waals surface area (Å²) >= 11 is 0. The zero-order valence-corrected chi connectivity index (χ0v) is 12.2. The molecule has 0 saturated heterocycles. The highest BCUT2D eigenvalue weighted by atomic mass is 16.6. The molecule has 3 nitrogen and oxygen atoms in total. The average molecular weight is 263 g/mol. The van der Waals surface area contributed by atoms with Crippen LogP contribution in [-0.2, 0) is 16.1 Å². The molecule has 0 fully saturated rings. The quantitative estimate of drug-likeness (QED) is 0.695. The third-order valence-electron chi connectivity index (χ3n) is 2.99. The van der Waals surface area contributed by atoms with Gasteiger partial charge in [0.15, 0.2) is 5.78 Å². The lowest BCUT2D eigenvalue weighted by atomic mass is 10.0. The number of nitrogens with one attached hydrogen (secondary N) is 1. The number of benzene rings is 1. The number of Topliss-reactive ketones (excluding diaryl/α,β-unsaturated/α-hetero) is 1. The van der Waals surface area contributed by atoms with Gasteiger partial charge >= 0.3 is 0 Å². The van der Waals surface area contributed by atoms with Crippen molar-refractivity contribution >= 4 is 5.78 Å². The molecule has 1 N–H and O–H groups in total. The highest BCUT2D eigenvalue weighted by molar-refractivity contribution is 5.79. The van der Waals surface area contributed by atoms with Crippen LogP contribution in [-0.4, -0.2) is 17.9 Å². The molecule has 0 saturated carbocycles. The second kappa shape index (κ2) is 8.08. The Kier molecular flexibility index (Phi) is 6.74. The van der Waals surface area contributed by atoms with Gasteiger partial charge in [0.25, 0.3) is 0 Å². The molecule has 1 aromatic carbocycles. The Labute approximate surface area is 116 Å². The van der Waals surface area contributed by atoms with Crippen molar-refractivity contribution in [1.29, 1.82) is 0 Å². The van der Waals surface area contributed by atoms with Gasteiger partial charge in [0, 0.05) is 12.0 Å². The van der Waals surface area contributed by atoms with Crippen LogP contribution >= 0.6 is 0 Å². The molecule has 0 spiro atoms. The van der Waals surface area contributed by atoms with Crippen molar-refractivity contribution in [1.82, 2.24) is 5.48 Å². The minimum Gasteiger partial charge on any atom is -0.297 e. The van der Waals surface area contributed by atoms with Crippen molar-refractivity contribution in [2.45, 2.75) is 52.0 Å². The van der Waals surface area contributed by atoms with E-state index in [1.165, 1.54) is 5.56 Å². The summed E-state index contributed by atoms with van der Waals surface area (Å²) in [5.41, 5.74) is 4.08. The summed E-state index contributed by atoms with van der Waals surface area (Å²) in [6.07, 6.45) is 3.41. The van der Waals surface area contributed by atoms with Crippen molar-refractivity contribution in [3.8, 4) is 0 Å². The second-order valence-electron chi connectivity index (χ2n) is 5.55. The first-order chi connectivity index (χ1) is 9.03. The molecule has 0 radical (unpaired) electrons. The monoisotopic (exact) mass is 263 g/mol. The molecule has 0 aliphatic heterocycles. The number of carbonyl (C=O) groups is 1. The second-order valence-corrected chi connectivity index (χ2v) is 5.55. The van der Waals surface area contributed by atoms with Crippen molar-refractivity contribution in [2.24, 2.45) is 0 Å². The first-order valence-corrected chi connectivity index (χ1v) is 6.98. The van der Waals surface area contributed by atoms with Crippen LogP contribution in [0.5, 0.6) is 0 Å². The molecule has 1 rings (SSSR count). The van der Waals surface area contributed by atoms with Crippen LogP contribution in [0.4, 0.5) is 0 Å². The topological polar surface area (TPSA) is 38.3 Å². The summed E-state index contributed by atoms with van der Waals surface area (Å²) in [5, 5.41) is 0. The number of rotatable bonds is 9. The number of hydroxylamine groups is 1. The Hall–Kier alpha value is -1.19. The van der Waals surface area contributed by atoms with Crippen LogP contribution in [0.3, 0.4) is 0 Å². The molecule has 0 heterocycles. The summed E-state index contributed by atoms with van der Waals surface area (Å²) in [6.45, 7) is 6.42. The Morgan fingerprint density at radius 2 is 1.95 bits per heavy atom. The van der Waals surface area contributed by atoms with Crippen molar-refractivity contribution < 1.29 is 9.63 Å². The van der Waals surface area contributed by atoms with Gasteiger partial charge in [-0.25, -0.2) is 0 Å². The van der Waals surface area contributed by atoms with Gasteiger partial charge in [-0.3, -0.25) is 9.63 Å². The van der Waals surface area contributed by atoms with E-state index in [-0.39, 0.29) is 17.9 Å². The Morgan fingerprint density at radius 1 is 1.26 bits per heavy atom. The van der Waals surface area contributed by atoms with E-state index in [1.807, 2.05) is 30.3 Å². The lowest BCUT2D eigenvalue weighted by Crippen LogP contribution is -2.40. The van der Waals surface area contributed by atoms with E-state index in [0.717, 1.165) is 19.3 Å². The van der Waals surface area contributed by atoms with Gasteiger partial charge in [-0.1, -0.05) is 43.7 Å². The third kappa shape index (κ3) is 7.09. The van der Waals surface area contributed by atoms with E-state index < -0.39 is 0 Å². The molecule has 0 aliphatic carbocycles. The molecule has 3 heteroatoms. The van der Waals surface area contributed by atoms with Gasteiger partial charge in [0.1, 0.15) is 6.61 Å². The summed E-state index contributed by atoms with van der Waals surface area (Å²) < 4.78 is 0. The summed E-state index contributed by atoms with van der Waals surface area (Å²) in [6, 6.07) is 10.0. The normalized spacial score (nSPS) is 11.5. The van der Waals surface area contributed by atoms with Gasteiger partial charge in [0.2, 0.25) is 0 Å². The molecular formula is C16H25NO2. The van der Waals surface area contributed by atoms with Crippen LogP contribution < -0.4 is 5.48 Å². The zero-order valence-electron chi connectivity index (χ0n) is 12.2. The van der Waals surface area contributed by atoms with E-state index in [1.54, 1.807) is 0 Å². The van der Waals surface area contributed by atoms with Crippen LogP contribution in [0.25, 0.3) is 0 Å². The molecular weight excluding hydrogens is 238 g/mol. The van der Waals surface area contributed by atoms with Gasteiger partial charge in [-0.2, -0.15) is 5.48 Å². The standard InChI is InChI=1S/C16H25NO2/c1-4-12-16(2,3)17-19-13-15(18)11-10-14-8-6-5-7-9-14/h5-9,17H,4,10-13H2,1-3H3. The van der Waals surface area contributed by atoms with Gasteiger partial charge in [-0.05, 0) is 32.3 Å². The van der Waals surface area contributed by atoms with E-state index in [2.05, 4.69) is 26.3 Å². The molecule has 19 heavy (non-hydrogen) atoms. The predicted octanol–water partition coefficient (Wildman–Crippen LogP) is 3.29. The number of hydrogen-bond donors (Lipinski definition) is 1. The van der Waals surface area contributed by atoms with Gasteiger partial charge in [0.05, 0.1) is 0 Å². The predicted molar refractivity (Wildman–Crippen MR) is 77.8 cm³/mol. The summed E-state index contributed by atoms with van der Waals surface area (Å²) in [7, 11) is 0. The summed E-state index contributed by atoms with van der Waals surface area (Å²) in [5.74, 6) is 0.128. The van der Waals surface area contributed by atoms with E-state index in [0.29, 0.717) is 6.42 Å². The Morgan fingerprint density at radius 3 is 2.58 bits per heavy atom. The highest BCUT2D eigenvalue weighted by Crippen LogP contribution is 2.10. The smallest absolute Gasteiger partial charge is 0.160 e. The van der Waals surface area contributed by atoms with Crippen molar-refractivity contribution in [3.63, 3.8) is 0 Å². The van der Waals surface area contributed by atoms with Crippen molar-refractivity contribution in [3.05, 3.63) is 35.9 Å². The molecule has 0 bridgehead atoms. The summed E-state index contributed by atoms with van der Waals surface area (Å²) in [4.78, 5) is 17.0. The maximum atomic E-state index is 11.7.